The number of rotatable bonds is 8. The van der Waals surface area contributed by atoms with Gasteiger partial charge in [-0.3, -0.25) is 9.69 Å². The molecule has 1 amide bonds. The molecule has 0 atom stereocenters. The molecule has 1 saturated heterocycles. The average Bonchev–Trinajstić information content (AvgIpc) is 3.17. The predicted octanol–water partition coefficient (Wildman–Crippen LogP) is 6.90. The zero-order valence-corrected chi connectivity index (χ0v) is 22.2. The van der Waals surface area contributed by atoms with Crippen LogP contribution in [-0.4, -0.2) is 40.7 Å². The van der Waals surface area contributed by atoms with Crippen LogP contribution in [0.5, 0.6) is 11.5 Å². The minimum atomic E-state index is -1.04. The topological polar surface area (TPSA) is 88.4 Å². The highest BCUT2D eigenvalue weighted by atomic mass is 35.5. The van der Waals surface area contributed by atoms with E-state index in [-0.39, 0.29) is 18.1 Å². The summed E-state index contributed by atoms with van der Waals surface area (Å²) in [6, 6.07) is 16.8. The first-order chi connectivity index (χ1) is 17.8. The van der Waals surface area contributed by atoms with E-state index in [4.69, 9.17) is 32.7 Å². The number of carbonyl (C=O) groups is 2. The van der Waals surface area contributed by atoms with Crippen LogP contribution in [0, 0.1) is 0 Å². The van der Waals surface area contributed by atoms with Gasteiger partial charge in [0, 0.05) is 22.2 Å². The van der Waals surface area contributed by atoms with Crippen molar-refractivity contribution in [1.82, 2.24) is 4.90 Å². The molecule has 1 aliphatic heterocycles. The van der Waals surface area contributed by atoms with E-state index in [1.807, 2.05) is 13.0 Å². The van der Waals surface area contributed by atoms with Crippen molar-refractivity contribution in [3.8, 4) is 11.5 Å². The van der Waals surface area contributed by atoms with Crippen LogP contribution >= 0.6 is 35.0 Å². The van der Waals surface area contributed by atoms with Crippen LogP contribution in [0.3, 0.4) is 0 Å². The Morgan fingerprint density at radius 2 is 1.92 bits per heavy atom. The fourth-order valence-corrected chi connectivity index (χ4v) is 5.05. The highest BCUT2D eigenvalue weighted by Gasteiger charge is 2.32. The average molecular weight is 557 g/mol. The number of carbonyl (C=O) groups excluding carboxylic acids is 1. The zero-order valence-electron chi connectivity index (χ0n) is 19.9. The number of benzene rings is 3. The molecule has 7 nitrogen and oxygen atoms in total. The Hall–Kier alpha value is -3.46. The molecule has 3 aromatic carbocycles. The van der Waals surface area contributed by atoms with Crippen molar-refractivity contribution in [3.63, 3.8) is 0 Å². The monoisotopic (exact) mass is 556 g/mol. The highest BCUT2D eigenvalue weighted by molar-refractivity contribution is 8.18. The molecule has 0 aromatic heterocycles. The first-order valence-electron chi connectivity index (χ1n) is 11.2. The number of ether oxygens (including phenoxy) is 2. The summed E-state index contributed by atoms with van der Waals surface area (Å²) < 4.78 is 11.4. The van der Waals surface area contributed by atoms with Gasteiger partial charge in [0.05, 0.1) is 23.3 Å². The molecular weight excluding hydrogens is 535 g/mol. The van der Waals surface area contributed by atoms with Crippen molar-refractivity contribution < 1.29 is 24.2 Å². The molecule has 1 aliphatic rings. The first-order valence-corrected chi connectivity index (χ1v) is 12.7. The fourth-order valence-electron chi connectivity index (χ4n) is 3.53. The molecule has 4 rings (SSSR count). The quantitative estimate of drug-likeness (QED) is 0.303. The Bertz CT molecular complexity index is 1420. The molecular formula is C27H22Cl2N2O5S. The number of hydrogen-bond donors (Lipinski definition) is 1. The summed E-state index contributed by atoms with van der Waals surface area (Å²) in [5.41, 5.74) is 2.11. The summed E-state index contributed by atoms with van der Waals surface area (Å²) in [6.07, 6.45) is 1.76. The van der Waals surface area contributed by atoms with Crippen molar-refractivity contribution in [2.75, 3.05) is 13.7 Å². The van der Waals surface area contributed by atoms with Crippen LogP contribution in [0.15, 0.2) is 70.6 Å². The number of halogens is 2. The van der Waals surface area contributed by atoms with Gasteiger partial charge in [-0.1, -0.05) is 41.4 Å². The molecule has 1 fully saturated rings. The number of aliphatic imine (C=N–C) groups is 1. The van der Waals surface area contributed by atoms with E-state index in [0.717, 1.165) is 11.1 Å². The second-order valence-electron chi connectivity index (χ2n) is 7.84. The number of thioether (sulfide) groups is 1. The zero-order chi connectivity index (χ0) is 26.5. The van der Waals surface area contributed by atoms with Crippen molar-refractivity contribution >= 4 is 63.8 Å². The number of hydrogen-bond acceptors (Lipinski definition) is 6. The van der Waals surface area contributed by atoms with E-state index in [2.05, 4.69) is 4.99 Å². The van der Waals surface area contributed by atoms with Gasteiger partial charge in [-0.15, -0.1) is 0 Å². The van der Waals surface area contributed by atoms with Crippen LogP contribution in [0.4, 0.5) is 5.69 Å². The standard InChI is InChI=1S/C27H22Cl2N2O5S/c1-3-31-25(32)24(37-27(31)30-20-6-4-5-17(13-20)26(33)34)12-16-7-10-22(23(11-16)35-2)36-15-18-8-9-19(28)14-21(18)29/h4-14H,3,15H2,1-2H3,(H,33,34)/b24-12+,30-27?. The molecule has 0 bridgehead atoms. The lowest BCUT2D eigenvalue weighted by molar-refractivity contribution is -0.122. The Balaban J connectivity index is 1.55. The van der Waals surface area contributed by atoms with Crippen LogP contribution < -0.4 is 9.47 Å². The van der Waals surface area contributed by atoms with Crippen LogP contribution in [0.1, 0.15) is 28.4 Å². The van der Waals surface area contributed by atoms with Crippen LogP contribution in [0.25, 0.3) is 6.08 Å². The number of amidine groups is 1. The van der Waals surface area contributed by atoms with E-state index in [0.29, 0.717) is 43.8 Å². The summed E-state index contributed by atoms with van der Waals surface area (Å²) in [6.45, 7) is 2.51. The molecule has 37 heavy (non-hydrogen) atoms. The van der Waals surface area contributed by atoms with E-state index < -0.39 is 5.97 Å². The predicted molar refractivity (Wildman–Crippen MR) is 147 cm³/mol. The fraction of sp³-hybridized carbons (Fsp3) is 0.148. The van der Waals surface area contributed by atoms with Gasteiger partial charge < -0.3 is 14.6 Å². The van der Waals surface area contributed by atoms with E-state index in [1.54, 1.807) is 60.6 Å². The van der Waals surface area contributed by atoms with Crippen molar-refractivity contribution in [3.05, 3.63) is 92.3 Å². The highest BCUT2D eigenvalue weighted by Crippen LogP contribution is 2.36. The molecule has 0 saturated carbocycles. The number of aromatic carboxylic acids is 1. The molecule has 0 radical (unpaired) electrons. The van der Waals surface area contributed by atoms with Gasteiger partial charge in [-0.2, -0.15) is 0 Å². The van der Waals surface area contributed by atoms with Gasteiger partial charge in [0.2, 0.25) is 0 Å². The van der Waals surface area contributed by atoms with Crippen LogP contribution in [-0.2, 0) is 11.4 Å². The Morgan fingerprint density at radius 3 is 2.62 bits per heavy atom. The molecule has 0 spiro atoms. The molecule has 0 aliphatic carbocycles. The van der Waals surface area contributed by atoms with Gasteiger partial charge in [0.25, 0.3) is 5.91 Å². The molecule has 1 heterocycles. The SMILES string of the molecule is CCN1C(=O)/C(=C\c2ccc(OCc3ccc(Cl)cc3Cl)c(OC)c2)SC1=Nc1cccc(C(=O)O)c1. The van der Waals surface area contributed by atoms with E-state index >= 15 is 0 Å². The lowest BCUT2D eigenvalue weighted by atomic mass is 10.1. The lowest BCUT2D eigenvalue weighted by Gasteiger charge is -2.13. The second-order valence-corrected chi connectivity index (χ2v) is 9.70. The number of carboxylic acid groups (broad SMARTS) is 1. The number of likely N-dealkylation sites (N-methyl/N-ethyl adjacent to an activating group) is 1. The third kappa shape index (κ3) is 6.28. The molecule has 190 valence electrons. The Morgan fingerprint density at radius 1 is 1.11 bits per heavy atom. The summed E-state index contributed by atoms with van der Waals surface area (Å²) >= 11 is 13.4. The summed E-state index contributed by atoms with van der Waals surface area (Å²) in [7, 11) is 1.54. The maximum Gasteiger partial charge on any atom is 0.335 e. The smallest absolute Gasteiger partial charge is 0.335 e. The molecule has 1 N–H and O–H groups in total. The Kier molecular flexibility index (Phi) is 8.43. The Labute approximate surface area is 228 Å². The van der Waals surface area contributed by atoms with E-state index in [9.17, 15) is 14.7 Å². The normalized spacial score (nSPS) is 15.5. The molecule has 0 unspecified atom stereocenters. The van der Waals surface area contributed by atoms with Crippen molar-refractivity contribution in [2.45, 2.75) is 13.5 Å². The number of nitrogens with zero attached hydrogens (tertiary/aromatic N) is 2. The third-order valence-electron chi connectivity index (χ3n) is 5.41. The van der Waals surface area contributed by atoms with Crippen molar-refractivity contribution in [1.29, 1.82) is 0 Å². The van der Waals surface area contributed by atoms with Crippen LogP contribution in [0.2, 0.25) is 10.0 Å². The lowest BCUT2D eigenvalue weighted by Crippen LogP contribution is -2.28. The summed E-state index contributed by atoms with van der Waals surface area (Å²) in [5, 5.41) is 10.8. The van der Waals surface area contributed by atoms with Gasteiger partial charge in [0.15, 0.2) is 16.7 Å². The van der Waals surface area contributed by atoms with Gasteiger partial charge in [-0.05, 0) is 72.8 Å². The molecule has 3 aromatic rings. The molecule has 10 heteroatoms. The number of carboxylic acids is 1. The van der Waals surface area contributed by atoms with Gasteiger partial charge in [-0.25, -0.2) is 9.79 Å². The summed E-state index contributed by atoms with van der Waals surface area (Å²) in [5.74, 6) is -0.196. The summed E-state index contributed by atoms with van der Waals surface area (Å²) in [4.78, 5) is 30.9. The minimum Gasteiger partial charge on any atom is -0.493 e. The third-order valence-corrected chi connectivity index (χ3v) is 7.00. The second kappa shape index (κ2) is 11.7. The maximum atomic E-state index is 13.0. The van der Waals surface area contributed by atoms with Gasteiger partial charge in [0.1, 0.15) is 6.61 Å². The maximum absolute atomic E-state index is 13.0. The first kappa shape index (κ1) is 26.6. The largest absolute Gasteiger partial charge is 0.493 e. The number of methoxy groups -OCH3 is 1. The number of amides is 1. The van der Waals surface area contributed by atoms with E-state index in [1.165, 1.54) is 23.9 Å². The van der Waals surface area contributed by atoms with Gasteiger partial charge >= 0.3 is 5.97 Å². The van der Waals surface area contributed by atoms with Crippen molar-refractivity contribution in [2.24, 2.45) is 4.99 Å². The minimum absolute atomic E-state index is 0.128.